The first-order valence-electron chi connectivity index (χ1n) is 4.29. The molecule has 82 valence electrons. The Morgan fingerprint density at radius 2 is 2.00 bits per heavy atom. The molecule has 0 amide bonds. The highest BCUT2D eigenvalue weighted by molar-refractivity contribution is 5.73. The predicted molar refractivity (Wildman–Crippen MR) is 52.0 cm³/mol. The van der Waals surface area contributed by atoms with E-state index in [0.29, 0.717) is 0 Å². The highest BCUT2D eigenvalue weighted by Gasteiger charge is 2.16. The summed E-state index contributed by atoms with van der Waals surface area (Å²) in [5, 5.41) is 8.60. The summed E-state index contributed by atoms with van der Waals surface area (Å²) in [6, 6.07) is 2.21. The van der Waals surface area contributed by atoms with Crippen LogP contribution >= 0.6 is 0 Å². The number of anilines is 1. The minimum atomic E-state index is -1.08. The molecule has 0 saturated heterocycles. The Morgan fingerprint density at radius 1 is 1.40 bits per heavy atom. The van der Waals surface area contributed by atoms with E-state index in [1.165, 1.54) is 25.1 Å². The highest BCUT2D eigenvalue weighted by atomic mass is 19.2. The molecule has 0 aliphatic carbocycles. The van der Waals surface area contributed by atoms with Crippen molar-refractivity contribution in [2.75, 3.05) is 19.0 Å². The van der Waals surface area contributed by atoms with Gasteiger partial charge in [-0.15, -0.1) is 0 Å². The molecule has 0 aliphatic heterocycles. The second kappa shape index (κ2) is 4.25. The van der Waals surface area contributed by atoms with Gasteiger partial charge in [0.25, 0.3) is 0 Å². The van der Waals surface area contributed by atoms with Crippen molar-refractivity contribution in [2.45, 2.75) is 6.42 Å². The number of carbonyl (C=O) groups is 1. The third-order valence-corrected chi connectivity index (χ3v) is 1.94. The summed E-state index contributed by atoms with van der Waals surface area (Å²) < 4.78 is 26.3. The second-order valence-corrected chi connectivity index (χ2v) is 3.33. The Balaban J connectivity index is 3.26. The summed E-state index contributed by atoms with van der Waals surface area (Å²) in [5.74, 6) is -3.07. The fraction of sp³-hybridized carbons (Fsp3) is 0.300. The largest absolute Gasteiger partial charge is 0.481 e. The first kappa shape index (κ1) is 11.4. The minimum Gasteiger partial charge on any atom is -0.481 e. The van der Waals surface area contributed by atoms with Gasteiger partial charge in [-0.25, -0.2) is 8.78 Å². The summed E-state index contributed by atoms with van der Waals surface area (Å²) in [4.78, 5) is 11.9. The molecule has 1 N–H and O–H groups in total. The van der Waals surface area contributed by atoms with Crippen LogP contribution in [0.1, 0.15) is 5.56 Å². The number of nitrogens with zero attached hydrogens (tertiary/aromatic N) is 1. The van der Waals surface area contributed by atoms with Gasteiger partial charge in [0, 0.05) is 14.1 Å². The average Bonchev–Trinajstić information content (AvgIpc) is 2.10. The first-order valence-corrected chi connectivity index (χ1v) is 4.29. The Hall–Kier alpha value is -1.65. The van der Waals surface area contributed by atoms with Crippen molar-refractivity contribution in [2.24, 2.45) is 0 Å². The van der Waals surface area contributed by atoms with Crippen LogP contribution in [0.4, 0.5) is 14.5 Å². The van der Waals surface area contributed by atoms with E-state index in [0.717, 1.165) is 6.07 Å². The SMILES string of the molecule is CN(C)c1c(CC(=O)O)ccc(F)c1F. The third-order valence-electron chi connectivity index (χ3n) is 1.94. The molecule has 0 heterocycles. The van der Waals surface area contributed by atoms with Gasteiger partial charge in [0.1, 0.15) is 0 Å². The van der Waals surface area contributed by atoms with Gasteiger partial charge in [0.05, 0.1) is 12.1 Å². The van der Waals surface area contributed by atoms with Crippen LogP contribution in [-0.4, -0.2) is 25.2 Å². The van der Waals surface area contributed by atoms with Gasteiger partial charge < -0.3 is 10.0 Å². The van der Waals surface area contributed by atoms with Crippen molar-refractivity contribution in [3.05, 3.63) is 29.3 Å². The molecule has 0 spiro atoms. The predicted octanol–water partition coefficient (Wildman–Crippen LogP) is 1.66. The van der Waals surface area contributed by atoms with E-state index >= 15 is 0 Å². The maximum atomic E-state index is 13.4. The van der Waals surface area contributed by atoms with Gasteiger partial charge >= 0.3 is 5.97 Å². The van der Waals surface area contributed by atoms with Crippen LogP contribution in [0.25, 0.3) is 0 Å². The molecular weight excluding hydrogens is 204 g/mol. The lowest BCUT2D eigenvalue weighted by Gasteiger charge is -2.17. The molecule has 0 aromatic heterocycles. The monoisotopic (exact) mass is 215 g/mol. The topological polar surface area (TPSA) is 40.5 Å². The Labute approximate surface area is 85.9 Å². The lowest BCUT2D eigenvalue weighted by molar-refractivity contribution is -0.136. The number of benzene rings is 1. The lowest BCUT2D eigenvalue weighted by Crippen LogP contribution is -2.16. The van der Waals surface area contributed by atoms with Crippen LogP contribution in [0.5, 0.6) is 0 Å². The number of halogens is 2. The minimum absolute atomic E-state index is 0.0163. The van der Waals surface area contributed by atoms with E-state index in [4.69, 9.17) is 5.11 Å². The molecule has 0 fully saturated rings. The van der Waals surface area contributed by atoms with Crippen LogP contribution in [0.3, 0.4) is 0 Å². The summed E-state index contributed by atoms with van der Waals surface area (Å²) in [6.45, 7) is 0. The number of carboxylic acids is 1. The Kier molecular flexibility index (Phi) is 3.24. The molecule has 0 atom stereocenters. The molecular formula is C10H11F2NO2. The molecule has 1 aromatic carbocycles. The maximum absolute atomic E-state index is 13.4. The van der Waals surface area contributed by atoms with Gasteiger partial charge in [0.15, 0.2) is 11.6 Å². The molecule has 15 heavy (non-hydrogen) atoms. The van der Waals surface area contributed by atoms with E-state index < -0.39 is 17.6 Å². The van der Waals surface area contributed by atoms with E-state index in [2.05, 4.69) is 0 Å². The lowest BCUT2D eigenvalue weighted by atomic mass is 10.1. The van der Waals surface area contributed by atoms with Gasteiger partial charge in [0.2, 0.25) is 0 Å². The number of hydrogen-bond donors (Lipinski definition) is 1. The van der Waals surface area contributed by atoms with Crippen molar-refractivity contribution in [3.8, 4) is 0 Å². The summed E-state index contributed by atoms with van der Waals surface area (Å²) in [5.41, 5.74) is 0.240. The summed E-state index contributed by atoms with van der Waals surface area (Å²) >= 11 is 0. The molecule has 3 nitrogen and oxygen atoms in total. The number of carboxylic acid groups (broad SMARTS) is 1. The average molecular weight is 215 g/mol. The van der Waals surface area contributed by atoms with Crippen LogP contribution in [0, 0.1) is 11.6 Å². The Bertz CT molecular complexity index is 391. The first-order chi connectivity index (χ1) is 6.93. The summed E-state index contributed by atoms with van der Waals surface area (Å²) in [7, 11) is 3.06. The van der Waals surface area contributed by atoms with Gasteiger partial charge in [-0.3, -0.25) is 4.79 Å². The number of hydrogen-bond acceptors (Lipinski definition) is 2. The molecule has 0 radical (unpaired) electrons. The van der Waals surface area contributed by atoms with E-state index in [9.17, 15) is 13.6 Å². The van der Waals surface area contributed by atoms with Crippen molar-refractivity contribution in [1.29, 1.82) is 0 Å². The summed E-state index contributed by atoms with van der Waals surface area (Å²) in [6.07, 6.45) is -0.329. The zero-order chi connectivity index (χ0) is 11.6. The second-order valence-electron chi connectivity index (χ2n) is 3.33. The molecule has 0 aliphatic rings. The smallest absolute Gasteiger partial charge is 0.307 e. The molecule has 1 aromatic rings. The molecule has 5 heteroatoms. The van der Waals surface area contributed by atoms with Gasteiger partial charge in [-0.1, -0.05) is 6.07 Å². The number of rotatable bonds is 3. The zero-order valence-corrected chi connectivity index (χ0v) is 8.42. The maximum Gasteiger partial charge on any atom is 0.307 e. The van der Waals surface area contributed by atoms with Crippen molar-refractivity contribution in [1.82, 2.24) is 0 Å². The van der Waals surface area contributed by atoms with Gasteiger partial charge in [-0.05, 0) is 11.6 Å². The van der Waals surface area contributed by atoms with Crippen molar-refractivity contribution < 1.29 is 18.7 Å². The zero-order valence-electron chi connectivity index (χ0n) is 8.42. The number of aliphatic carboxylic acids is 1. The normalized spacial score (nSPS) is 10.1. The standard InChI is InChI=1S/C10H11F2NO2/c1-13(2)10-6(5-8(14)15)3-4-7(11)9(10)12/h3-4H,5H2,1-2H3,(H,14,15). The van der Waals surface area contributed by atoms with Gasteiger partial charge in [-0.2, -0.15) is 0 Å². The van der Waals surface area contributed by atoms with E-state index in [1.54, 1.807) is 0 Å². The van der Waals surface area contributed by atoms with Crippen molar-refractivity contribution in [3.63, 3.8) is 0 Å². The van der Waals surface area contributed by atoms with Crippen LogP contribution < -0.4 is 4.90 Å². The van der Waals surface area contributed by atoms with E-state index in [-0.39, 0.29) is 17.7 Å². The van der Waals surface area contributed by atoms with Crippen LogP contribution in [0.15, 0.2) is 12.1 Å². The molecule has 0 bridgehead atoms. The highest BCUT2D eigenvalue weighted by Crippen LogP contribution is 2.25. The van der Waals surface area contributed by atoms with Crippen molar-refractivity contribution >= 4 is 11.7 Å². The van der Waals surface area contributed by atoms with E-state index in [1.807, 2.05) is 0 Å². The quantitative estimate of drug-likeness (QED) is 0.833. The van der Waals surface area contributed by atoms with Crippen LogP contribution in [0.2, 0.25) is 0 Å². The molecule has 0 saturated carbocycles. The molecule has 0 unspecified atom stereocenters. The fourth-order valence-corrected chi connectivity index (χ4v) is 1.37. The third kappa shape index (κ3) is 2.43. The van der Waals surface area contributed by atoms with Crippen LogP contribution in [-0.2, 0) is 11.2 Å². The fourth-order valence-electron chi connectivity index (χ4n) is 1.37. The Morgan fingerprint density at radius 3 is 2.47 bits per heavy atom. The molecule has 1 rings (SSSR count).